The van der Waals surface area contributed by atoms with Crippen molar-refractivity contribution in [3.05, 3.63) is 0 Å². The number of esters is 2. The van der Waals surface area contributed by atoms with E-state index in [-0.39, 0.29) is 29.8 Å². The van der Waals surface area contributed by atoms with Crippen LogP contribution in [0.15, 0.2) is 0 Å². The van der Waals surface area contributed by atoms with Crippen molar-refractivity contribution < 1.29 is 23.8 Å². The van der Waals surface area contributed by atoms with Gasteiger partial charge in [-0.3, -0.25) is 9.59 Å². The predicted octanol–water partition coefficient (Wildman–Crippen LogP) is -0.459. The Balaban J connectivity index is 1.78. The van der Waals surface area contributed by atoms with Gasteiger partial charge in [0.15, 0.2) is 12.2 Å². The SMILES string of the molecule is O=C(CS)OC1C2CC3C(=O)OC1C3O2. The largest absolute Gasteiger partial charge is 0.455 e. The Morgan fingerprint density at radius 3 is 3.07 bits per heavy atom. The number of fused-ring (bicyclic) bond motifs is 1. The monoisotopic (exact) mass is 230 g/mol. The normalized spacial score (nSPS) is 45.7. The van der Waals surface area contributed by atoms with E-state index in [1.54, 1.807) is 0 Å². The Hall–Kier alpha value is -0.750. The van der Waals surface area contributed by atoms with Gasteiger partial charge >= 0.3 is 11.9 Å². The first-order valence-electron chi connectivity index (χ1n) is 4.87. The fraction of sp³-hybridized carbons (Fsp3) is 0.778. The molecule has 0 radical (unpaired) electrons. The van der Waals surface area contributed by atoms with E-state index in [2.05, 4.69) is 12.6 Å². The van der Waals surface area contributed by atoms with Gasteiger partial charge in [0.1, 0.15) is 6.10 Å². The summed E-state index contributed by atoms with van der Waals surface area (Å²) in [7, 11) is 0. The van der Waals surface area contributed by atoms with Crippen molar-refractivity contribution in [1.82, 2.24) is 0 Å². The maximum atomic E-state index is 11.3. The van der Waals surface area contributed by atoms with Crippen molar-refractivity contribution in [3.63, 3.8) is 0 Å². The highest BCUT2D eigenvalue weighted by molar-refractivity contribution is 7.81. The molecule has 0 aromatic carbocycles. The summed E-state index contributed by atoms with van der Waals surface area (Å²) in [6, 6.07) is 0. The molecule has 0 amide bonds. The summed E-state index contributed by atoms with van der Waals surface area (Å²) < 4.78 is 15.8. The Kier molecular flexibility index (Phi) is 1.97. The first kappa shape index (κ1) is 9.47. The summed E-state index contributed by atoms with van der Waals surface area (Å²) in [4.78, 5) is 22.4. The number of hydrogen-bond donors (Lipinski definition) is 1. The molecule has 5 atom stereocenters. The van der Waals surface area contributed by atoms with Crippen LogP contribution in [-0.2, 0) is 23.8 Å². The second-order valence-corrected chi connectivity index (χ2v) is 4.31. The maximum Gasteiger partial charge on any atom is 0.316 e. The summed E-state index contributed by atoms with van der Waals surface area (Å²) in [6.07, 6.45) is -0.618. The van der Waals surface area contributed by atoms with Gasteiger partial charge in [-0.1, -0.05) is 0 Å². The van der Waals surface area contributed by atoms with E-state index < -0.39 is 18.2 Å². The lowest BCUT2D eigenvalue weighted by Gasteiger charge is -2.21. The standard InChI is InChI=1S/C9H10O5S/c10-5(2-15)13-7-4-1-3-6(12-4)8(7)14-9(3)11/h3-4,6-8,15H,1-2H2. The lowest BCUT2D eigenvalue weighted by Crippen LogP contribution is -2.40. The zero-order valence-corrected chi connectivity index (χ0v) is 8.68. The molecule has 82 valence electrons. The Bertz CT molecular complexity index is 330. The molecule has 3 aliphatic heterocycles. The number of thiol groups is 1. The molecule has 0 saturated carbocycles. The van der Waals surface area contributed by atoms with Gasteiger partial charge in [-0.2, -0.15) is 12.6 Å². The van der Waals surface area contributed by atoms with Gasteiger partial charge in [-0.25, -0.2) is 0 Å². The molecule has 0 N–H and O–H groups in total. The van der Waals surface area contributed by atoms with Gasteiger partial charge < -0.3 is 14.2 Å². The second-order valence-electron chi connectivity index (χ2n) is 4.00. The summed E-state index contributed by atoms with van der Waals surface area (Å²) >= 11 is 3.82. The predicted molar refractivity (Wildman–Crippen MR) is 50.4 cm³/mol. The van der Waals surface area contributed by atoms with Gasteiger partial charge in [0.25, 0.3) is 0 Å². The smallest absolute Gasteiger partial charge is 0.316 e. The quantitative estimate of drug-likeness (QED) is 0.514. The van der Waals surface area contributed by atoms with Crippen molar-refractivity contribution in [2.24, 2.45) is 5.92 Å². The second kappa shape index (κ2) is 3.12. The van der Waals surface area contributed by atoms with Crippen LogP contribution in [0.1, 0.15) is 6.42 Å². The van der Waals surface area contributed by atoms with E-state index in [0.29, 0.717) is 6.42 Å². The third kappa shape index (κ3) is 1.21. The average molecular weight is 230 g/mol. The molecule has 6 heteroatoms. The van der Waals surface area contributed by atoms with Gasteiger partial charge in [0.05, 0.1) is 17.8 Å². The molecular formula is C9H10O5S. The van der Waals surface area contributed by atoms with Crippen LogP contribution in [0, 0.1) is 5.92 Å². The Labute approximate surface area is 91.5 Å². The minimum Gasteiger partial charge on any atom is -0.455 e. The van der Waals surface area contributed by atoms with Crippen LogP contribution in [0.2, 0.25) is 0 Å². The van der Waals surface area contributed by atoms with E-state index >= 15 is 0 Å². The maximum absolute atomic E-state index is 11.3. The molecule has 0 aliphatic carbocycles. The summed E-state index contributed by atoms with van der Waals surface area (Å²) in [5.74, 6) is -0.750. The van der Waals surface area contributed by atoms with Crippen molar-refractivity contribution in [2.75, 3.05) is 5.75 Å². The molecule has 2 bridgehead atoms. The highest BCUT2D eigenvalue weighted by Crippen LogP contribution is 2.47. The molecule has 0 aromatic rings. The van der Waals surface area contributed by atoms with E-state index in [1.807, 2.05) is 0 Å². The molecular weight excluding hydrogens is 220 g/mol. The van der Waals surface area contributed by atoms with Crippen LogP contribution < -0.4 is 0 Å². The number of rotatable bonds is 2. The minimum absolute atomic E-state index is 0.0258. The third-order valence-corrected chi connectivity index (χ3v) is 3.44. The Morgan fingerprint density at radius 2 is 2.33 bits per heavy atom. The molecule has 3 saturated heterocycles. The minimum atomic E-state index is -0.433. The zero-order chi connectivity index (χ0) is 10.6. The molecule has 3 heterocycles. The first-order chi connectivity index (χ1) is 7.20. The van der Waals surface area contributed by atoms with Crippen LogP contribution in [0.4, 0.5) is 0 Å². The molecule has 3 aliphatic rings. The van der Waals surface area contributed by atoms with Crippen molar-refractivity contribution in [2.45, 2.75) is 30.8 Å². The topological polar surface area (TPSA) is 61.8 Å². The van der Waals surface area contributed by atoms with Gasteiger partial charge in [-0.05, 0) is 6.42 Å². The van der Waals surface area contributed by atoms with Crippen LogP contribution in [0.25, 0.3) is 0 Å². The van der Waals surface area contributed by atoms with Gasteiger partial charge in [-0.15, -0.1) is 0 Å². The van der Waals surface area contributed by atoms with Crippen molar-refractivity contribution in [3.8, 4) is 0 Å². The summed E-state index contributed by atoms with van der Waals surface area (Å²) in [5.41, 5.74) is 0. The Morgan fingerprint density at radius 1 is 1.53 bits per heavy atom. The number of hydrogen-bond acceptors (Lipinski definition) is 6. The van der Waals surface area contributed by atoms with E-state index in [4.69, 9.17) is 14.2 Å². The number of ether oxygens (including phenoxy) is 3. The van der Waals surface area contributed by atoms with Crippen LogP contribution in [0.3, 0.4) is 0 Å². The molecule has 0 aromatic heterocycles. The third-order valence-electron chi connectivity index (χ3n) is 3.18. The average Bonchev–Trinajstić information content (AvgIpc) is 2.81. The number of carbonyl (C=O) groups excluding carboxylic acids is 2. The van der Waals surface area contributed by atoms with Crippen LogP contribution in [0.5, 0.6) is 0 Å². The molecule has 5 nitrogen and oxygen atoms in total. The first-order valence-corrected chi connectivity index (χ1v) is 5.50. The molecule has 5 unspecified atom stereocenters. The fourth-order valence-corrected chi connectivity index (χ4v) is 2.65. The molecule has 15 heavy (non-hydrogen) atoms. The highest BCUT2D eigenvalue weighted by Gasteiger charge is 2.64. The van der Waals surface area contributed by atoms with Crippen LogP contribution >= 0.6 is 12.6 Å². The van der Waals surface area contributed by atoms with Gasteiger partial charge in [0.2, 0.25) is 0 Å². The van der Waals surface area contributed by atoms with Crippen LogP contribution in [-0.4, -0.2) is 42.1 Å². The van der Waals surface area contributed by atoms with Crippen molar-refractivity contribution in [1.29, 1.82) is 0 Å². The fourth-order valence-electron chi connectivity index (χ4n) is 2.57. The summed E-state index contributed by atoms with van der Waals surface area (Å²) in [6.45, 7) is 0. The highest BCUT2D eigenvalue weighted by atomic mass is 32.1. The molecule has 0 spiro atoms. The van der Waals surface area contributed by atoms with E-state index in [9.17, 15) is 9.59 Å². The molecule has 3 fully saturated rings. The molecule has 3 rings (SSSR count). The number of carbonyl (C=O) groups is 2. The lowest BCUT2D eigenvalue weighted by molar-refractivity contribution is -0.158. The van der Waals surface area contributed by atoms with E-state index in [1.165, 1.54) is 0 Å². The lowest BCUT2D eigenvalue weighted by atomic mass is 9.88. The van der Waals surface area contributed by atoms with E-state index in [0.717, 1.165) is 0 Å². The van der Waals surface area contributed by atoms with Crippen molar-refractivity contribution >= 4 is 24.6 Å². The zero-order valence-electron chi connectivity index (χ0n) is 7.79. The van der Waals surface area contributed by atoms with Gasteiger partial charge in [0, 0.05) is 0 Å². The summed E-state index contributed by atoms with van der Waals surface area (Å²) in [5, 5.41) is 0.